The Hall–Kier alpha value is -5.87. The molecule has 1 aliphatic heterocycles. The predicted octanol–water partition coefficient (Wildman–Crippen LogP) is 3.19. The van der Waals surface area contributed by atoms with Gasteiger partial charge >= 0.3 is 18.2 Å². The average Bonchev–Trinajstić information content (AvgIpc) is 3.09. The van der Waals surface area contributed by atoms with Crippen molar-refractivity contribution in [3.8, 4) is 5.75 Å². The molecule has 0 saturated carbocycles. The van der Waals surface area contributed by atoms with Gasteiger partial charge in [0.25, 0.3) is 5.91 Å². The molecule has 2 aromatic rings. The van der Waals surface area contributed by atoms with Gasteiger partial charge in [0.15, 0.2) is 0 Å². The van der Waals surface area contributed by atoms with Crippen LogP contribution in [0.3, 0.4) is 0 Å². The molecule has 1 fully saturated rings. The summed E-state index contributed by atoms with van der Waals surface area (Å²) in [4.78, 5) is 83.0. The van der Waals surface area contributed by atoms with Gasteiger partial charge in [0.05, 0.1) is 19.9 Å². The lowest BCUT2D eigenvalue weighted by Gasteiger charge is -2.42. The molecule has 3 rings (SSSR count). The molecular weight excluding hydrogens is 714 g/mol. The molecule has 0 spiro atoms. The number of alkyl carbamates (subject to hydrolysis) is 1. The van der Waals surface area contributed by atoms with Gasteiger partial charge in [-0.25, -0.2) is 14.5 Å². The molecule has 17 nitrogen and oxygen atoms in total. The number of carbonyl (C=O) groups is 6. The topological polar surface area (TPSA) is 223 Å². The van der Waals surface area contributed by atoms with E-state index in [-0.39, 0.29) is 56.7 Å². The number of carbonyl (C=O) groups excluding carboxylic acids is 6. The Kier molecular flexibility index (Phi) is 15.0. The molecular formula is C38H53N7O10. The molecule has 2 aromatic carbocycles. The molecule has 1 saturated heterocycles. The second-order valence-corrected chi connectivity index (χ2v) is 14.8. The highest BCUT2D eigenvalue weighted by Gasteiger charge is 2.41. The van der Waals surface area contributed by atoms with Crippen molar-refractivity contribution in [2.45, 2.75) is 84.1 Å². The van der Waals surface area contributed by atoms with E-state index in [4.69, 9.17) is 30.1 Å². The maximum atomic E-state index is 14.5. The number of amides is 5. The molecule has 2 atom stereocenters. The minimum atomic E-state index is -1.16. The van der Waals surface area contributed by atoms with Gasteiger partial charge in [-0.05, 0) is 96.3 Å². The standard InChI is InChI=1S/C38H53N7O10/c1-37(2,3)54-30(46)23-43-20-21-44(29(33(43)49)10-9-19-41-35(50)55-38(4,5)6)32(48)28(22-24-11-17-27(52-7)18-12-24)42-31(47)25-13-15-26(16-14-25)45(34(39)40)36(51)53-8/h11-18,28-29H,9-10,19-23H2,1-8H3,(H3,39,40)(H,41,50)(H,42,47)/t28?,29-/m0/s1. The Morgan fingerprint density at radius 3 is 2.09 bits per heavy atom. The van der Waals surface area contributed by atoms with E-state index in [2.05, 4.69) is 10.6 Å². The van der Waals surface area contributed by atoms with E-state index in [9.17, 15) is 28.8 Å². The quantitative estimate of drug-likeness (QED) is 0.0762. The third-order valence-corrected chi connectivity index (χ3v) is 8.12. The first-order valence-corrected chi connectivity index (χ1v) is 17.8. The van der Waals surface area contributed by atoms with E-state index in [1.807, 2.05) is 0 Å². The average molecular weight is 768 g/mol. The van der Waals surface area contributed by atoms with Crippen molar-refractivity contribution in [1.29, 1.82) is 5.41 Å². The SMILES string of the molecule is COC(=O)N(C(=N)N)c1ccc(C(=O)NC(Cc2ccc(OC)cc2)C(=O)N2CCN(CC(=O)OC(C)(C)C)C(=O)[C@@H]2CCCNC(=O)OC(C)(C)C)cc1. The van der Waals surface area contributed by atoms with E-state index >= 15 is 0 Å². The zero-order valence-electron chi connectivity index (χ0n) is 32.7. The number of guanidine groups is 1. The fourth-order valence-corrected chi connectivity index (χ4v) is 5.70. The second-order valence-electron chi connectivity index (χ2n) is 14.8. The summed E-state index contributed by atoms with van der Waals surface area (Å²) in [5, 5.41) is 13.2. The molecule has 0 bridgehead atoms. The lowest BCUT2D eigenvalue weighted by molar-refractivity contribution is -0.163. The summed E-state index contributed by atoms with van der Waals surface area (Å²) in [6.07, 6.45) is -1.07. The molecule has 0 aliphatic carbocycles. The summed E-state index contributed by atoms with van der Waals surface area (Å²) < 4.78 is 20.7. The van der Waals surface area contributed by atoms with E-state index in [0.29, 0.717) is 11.3 Å². The van der Waals surface area contributed by atoms with Crippen LogP contribution in [0.25, 0.3) is 0 Å². The third kappa shape index (κ3) is 13.2. The number of ether oxygens (including phenoxy) is 4. The lowest BCUT2D eigenvalue weighted by atomic mass is 9.99. The summed E-state index contributed by atoms with van der Waals surface area (Å²) in [5.41, 5.74) is 5.08. The molecule has 1 aliphatic rings. The molecule has 5 amide bonds. The van der Waals surface area contributed by atoms with Crippen LogP contribution >= 0.6 is 0 Å². The van der Waals surface area contributed by atoms with Crippen LogP contribution in [0.4, 0.5) is 15.3 Å². The van der Waals surface area contributed by atoms with Gasteiger partial charge in [0, 0.05) is 31.6 Å². The van der Waals surface area contributed by atoms with E-state index in [1.54, 1.807) is 65.8 Å². The minimum Gasteiger partial charge on any atom is -0.497 e. The highest BCUT2D eigenvalue weighted by atomic mass is 16.6. The van der Waals surface area contributed by atoms with Crippen LogP contribution < -0.4 is 26.0 Å². The van der Waals surface area contributed by atoms with Gasteiger partial charge in [0.2, 0.25) is 17.8 Å². The number of nitrogens with one attached hydrogen (secondary N) is 3. The van der Waals surface area contributed by atoms with Gasteiger partial charge in [-0.3, -0.25) is 24.6 Å². The van der Waals surface area contributed by atoms with Crippen molar-refractivity contribution in [2.24, 2.45) is 5.73 Å². The highest BCUT2D eigenvalue weighted by molar-refractivity contribution is 6.12. The van der Waals surface area contributed by atoms with Crippen molar-refractivity contribution >= 4 is 47.5 Å². The Balaban J connectivity index is 1.91. The van der Waals surface area contributed by atoms with Crippen LogP contribution in [0.5, 0.6) is 5.75 Å². The normalized spacial score (nSPS) is 15.0. The van der Waals surface area contributed by atoms with Crippen molar-refractivity contribution in [1.82, 2.24) is 20.4 Å². The molecule has 0 radical (unpaired) electrons. The number of methoxy groups -OCH3 is 2. The maximum Gasteiger partial charge on any atom is 0.421 e. The summed E-state index contributed by atoms with van der Waals surface area (Å²) in [6.45, 7) is 10.3. The molecule has 17 heteroatoms. The van der Waals surface area contributed by atoms with Crippen LogP contribution in [-0.2, 0) is 35.0 Å². The van der Waals surface area contributed by atoms with E-state index in [1.165, 1.54) is 41.2 Å². The summed E-state index contributed by atoms with van der Waals surface area (Å²) in [6, 6.07) is 10.4. The number of esters is 1. The maximum absolute atomic E-state index is 14.5. The molecule has 1 heterocycles. The third-order valence-electron chi connectivity index (χ3n) is 8.12. The molecule has 300 valence electrons. The first-order chi connectivity index (χ1) is 25.7. The first kappa shape index (κ1) is 43.5. The number of rotatable bonds is 13. The smallest absolute Gasteiger partial charge is 0.421 e. The highest BCUT2D eigenvalue weighted by Crippen LogP contribution is 2.22. The number of anilines is 1. The summed E-state index contributed by atoms with van der Waals surface area (Å²) >= 11 is 0. The molecule has 0 aromatic heterocycles. The zero-order chi connectivity index (χ0) is 41.1. The lowest BCUT2D eigenvalue weighted by Crippen LogP contribution is -2.63. The monoisotopic (exact) mass is 767 g/mol. The van der Waals surface area contributed by atoms with Crippen LogP contribution in [0.2, 0.25) is 0 Å². The largest absolute Gasteiger partial charge is 0.497 e. The number of nitrogens with two attached hydrogens (primary N) is 1. The summed E-state index contributed by atoms with van der Waals surface area (Å²) in [5.74, 6) is -2.24. The van der Waals surface area contributed by atoms with Gasteiger partial charge < -0.3 is 45.1 Å². The van der Waals surface area contributed by atoms with Crippen LogP contribution in [0.1, 0.15) is 70.3 Å². The van der Waals surface area contributed by atoms with Crippen LogP contribution in [0, 0.1) is 5.41 Å². The molecule has 55 heavy (non-hydrogen) atoms. The van der Waals surface area contributed by atoms with Gasteiger partial charge in [-0.15, -0.1) is 0 Å². The van der Waals surface area contributed by atoms with Crippen molar-refractivity contribution in [3.63, 3.8) is 0 Å². The fourth-order valence-electron chi connectivity index (χ4n) is 5.70. The van der Waals surface area contributed by atoms with Crippen LogP contribution in [-0.4, -0.2) is 115 Å². The fraction of sp³-hybridized carbons (Fsp3) is 0.500. The Bertz CT molecular complexity index is 1700. The van der Waals surface area contributed by atoms with Gasteiger partial charge in [-0.1, -0.05) is 12.1 Å². The summed E-state index contributed by atoms with van der Waals surface area (Å²) in [7, 11) is 2.66. The van der Waals surface area contributed by atoms with Crippen molar-refractivity contribution < 1.29 is 47.7 Å². The minimum absolute atomic E-state index is 0.0357. The number of nitrogens with zero attached hydrogens (tertiary/aromatic N) is 3. The zero-order valence-corrected chi connectivity index (χ0v) is 32.7. The van der Waals surface area contributed by atoms with Gasteiger partial charge in [-0.2, -0.15) is 0 Å². The number of piperazine rings is 1. The Labute approximate surface area is 321 Å². The number of hydrogen-bond acceptors (Lipinski definition) is 11. The van der Waals surface area contributed by atoms with Crippen LogP contribution in [0.15, 0.2) is 48.5 Å². The van der Waals surface area contributed by atoms with E-state index in [0.717, 1.165) is 12.0 Å². The van der Waals surface area contributed by atoms with Crippen molar-refractivity contribution in [3.05, 3.63) is 59.7 Å². The van der Waals surface area contributed by atoms with Gasteiger partial charge in [0.1, 0.15) is 35.6 Å². The first-order valence-electron chi connectivity index (χ1n) is 17.8. The predicted molar refractivity (Wildman–Crippen MR) is 203 cm³/mol. The molecule has 5 N–H and O–H groups in total. The molecule has 1 unspecified atom stereocenters. The second kappa shape index (κ2) is 18.9. The number of benzene rings is 2. The Morgan fingerprint density at radius 2 is 1.55 bits per heavy atom. The Morgan fingerprint density at radius 1 is 0.927 bits per heavy atom. The van der Waals surface area contributed by atoms with Crippen molar-refractivity contribution in [2.75, 3.05) is 45.3 Å². The number of hydrogen-bond donors (Lipinski definition) is 4. The van der Waals surface area contributed by atoms with E-state index < -0.39 is 65.1 Å².